The summed E-state index contributed by atoms with van der Waals surface area (Å²) < 4.78 is 0. The normalized spacial score (nSPS) is 10.1. The molecule has 0 unspecified atom stereocenters. The van der Waals surface area contributed by atoms with Gasteiger partial charge in [-0.15, -0.1) is 0 Å². The van der Waals surface area contributed by atoms with E-state index in [9.17, 15) is 9.90 Å². The van der Waals surface area contributed by atoms with Gasteiger partial charge in [-0.3, -0.25) is 4.79 Å². The summed E-state index contributed by atoms with van der Waals surface area (Å²) in [6, 6.07) is 6.39. The second kappa shape index (κ2) is 6.81. The fraction of sp³-hybridized carbons (Fsp3) is 0.364. The first-order valence-corrected chi connectivity index (χ1v) is 5.13. The van der Waals surface area contributed by atoms with Gasteiger partial charge in [-0.05, 0) is 12.1 Å². The number of rotatable bonds is 6. The lowest BCUT2D eigenvalue weighted by Crippen LogP contribution is -2.32. The number of benzene rings is 1. The van der Waals surface area contributed by atoms with E-state index in [0.29, 0.717) is 19.6 Å². The van der Waals surface area contributed by atoms with Gasteiger partial charge in [-0.1, -0.05) is 12.1 Å². The minimum absolute atomic E-state index is 0.0247. The lowest BCUT2D eigenvalue weighted by atomic mass is 10.2. The molecule has 1 aromatic carbocycles. The van der Waals surface area contributed by atoms with Crippen molar-refractivity contribution in [2.24, 2.45) is 0 Å². The fourth-order valence-electron chi connectivity index (χ4n) is 1.23. The molecule has 0 aliphatic heterocycles. The van der Waals surface area contributed by atoms with E-state index in [2.05, 4.69) is 10.6 Å². The van der Waals surface area contributed by atoms with E-state index in [-0.39, 0.29) is 23.8 Å². The summed E-state index contributed by atoms with van der Waals surface area (Å²) in [5.41, 5.74) is 0.268. The first-order chi connectivity index (χ1) is 7.75. The molecule has 0 bridgehead atoms. The zero-order valence-electron chi connectivity index (χ0n) is 8.94. The van der Waals surface area contributed by atoms with Crippen molar-refractivity contribution in [1.82, 2.24) is 10.6 Å². The number of nitrogens with one attached hydrogen (secondary N) is 2. The number of aromatic hydroxyl groups is 1. The minimum Gasteiger partial charge on any atom is -0.507 e. The molecule has 0 aliphatic rings. The zero-order chi connectivity index (χ0) is 11.8. The molecule has 5 nitrogen and oxygen atoms in total. The molecule has 0 saturated heterocycles. The predicted molar refractivity (Wildman–Crippen MR) is 60.4 cm³/mol. The molecular formula is C11H16N2O3. The quantitative estimate of drug-likeness (QED) is 0.500. The Morgan fingerprint density at radius 2 is 1.94 bits per heavy atom. The summed E-state index contributed by atoms with van der Waals surface area (Å²) >= 11 is 0. The van der Waals surface area contributed by atoms with Crippen LogP contribution in [0.5, 0.6) is 5.75 Å². The molecule has 0 radical (unpaired) electrons. The molecule has 1 rings (SSSR count). The highest BCUT2D eigenvalue weighted by Crippen LogP contribution is 2.14. The number of hydrogen-bond donors (Lipinski definition) is 4. The van der Waals surface area contributed by atoms with Crippen LogP contribution >= 0.6 is 0 Å². The topological polar surface area (TPSA) is 81.6 Å². The van der Waals surface area contributed by atoms with Crippen molar-refractivity contribution >= 4 is 5.91 Å². The van der Waals surface area contributed by atoms with Gasteiger partial charge < -0.3 is 20.8 Å². The summed E-state index contributed by atoms with van der Waals surface area (Å²) in [5.74, 6) is -0.327. The fourth-order valence-corrected chi connectivity index (χ4v) is 1.23. The Balaban J connectivity index is 2.33. The SMILES string of the molecule is O=C(NCCNCCO)c1ccccc1O. The van der Waals surface area contributed by atoms with E-state index < -0.39 is 0 Å². The standard InChI is InChI=1S/C11H16N2O3/c14-8-7-12-5-6-13-11(16)9-3-1-2-4-10(9)15/h1-4,12,14-15H,5-8H2,(H,13,16). The van der Waals surface area contributed by atoms with E-state index in [0.717, 1.165) is 0 Å². The molecule has 0 heterocycles. The summed E-state index contributed by atoms with van der Waals surface area (Å²) in [5, 5.41) is 23.5. The van der Waals surface area contributed by atoms with Crippen LogP contribution in [0, 0.1) is 0 Å². The maximum absolute atomic E-state index is 11.5. The smallest absolute Gasteiger partial charge is 0.255 e. The van der Waals surface area contributed by atoms with E-state index in [1.807, 2.05) is 0 Å². The Kier molecular flexibility index (Phi) is 5.31. The molecule has 88 valence electrons. The number of para-hydroxylation sites is 1. The Morgan fingerprint density at radius 3 is 2.62 bits per heavy atom. The van der Waals surface area contributed by atoms with Gasteiger partial charge in [0, 0.05) is 19.6 Å². The highest BCUT2D eigenvalue weighted by atomic mass is 16.3. The minimum atomic E-state index is -0.302. The first kappa shape index (κ1) is 12.5. The summed E-state index contributed by atoms with van der Waals surface area (Å²) in [7, 11) is 0. The number of phenolic OH excluding ortho intramolecular Hbond substituents is 1. The van der Waals surface area contributed by atoms with Crippen molar-refractivity contribution < 1.29 is 15.0 Å². The number of aliphatic hydroxyl groups is 1. The van der Waals surface area contributed by atoms with Gasteiger partial charge in [0.25, 0.3) is 5.91 Å². The Hall–Kier alpha value is -1.59. The van der Waals surface area contributed by atoms with Gasteiger partial charge in [0.2, 0.25) is 0 Å². The van der Waals surface area contributed by atoms with Gasteiger partial charge in [0.1, 0.15) is 5.75 Å². The van der Waals surface area contributed by atoms with Crippen LogP contribution < -0.4 is 10.6 Å². The molecule has 4 N–H and O–H groups in total. The summed E-state index contributed by atoms with van der Waals surface area (Å²) in [6.45, 7) is 1.62. The first-order valence-electron chi connectivity index (χ1n) is 5.13. The van der Waals surface area contributed by atoms with Gasteiger partial charge in [0.05, 0.1) is 12.2 Å². The average molecular weight is 224 g/mol. The molecule has 0 spiro atoms. The van der Waals surface area contributed by atoms with E-state index >= 15 is 0 Å². The number of carbonyl (C=O) groups excluding carboxylic acids is 1. The second-order valence-corrected chi connectivity index (χ2v) is 3.25. The number of carbonyl (C=O) groups is 1. The third-order valence-electron chi connectivity index (χ3n) is 2.02. The predicted octanol–water partition coefficient (Wildman–Crippen LogP) is -0.296. The molecule has 0 saturated carbocycles. The van der Waals surface area contributed by atoms with Crippen LogP contribution in [0.15, 0.2) is 24.3 Å². The molecule has 16 heavy (non-hydrogen) atoms. The van der Waals surface area contributed by atoms with Crippen molar-refractivity contribution in [2.75, 3.05) is 26.2 Å². The number of hydrogen-bond acceptors (Lipinski definition) is 4. The molecular weight excluding hydrogens is 208 g/mol. The molecule has 1 amide bonds. The van der Waals surface area contributed by atoms with Gasteiger partial charge >= 0.3 is 0 Å². The molecule has 1 aromatic rings. The van der Waals surface area contributed by atoms with Crippen LogP contribution in [0.1, 0.15) is 10.4 Å². The molecule has 0 fully saturated rings. The van der Waals surface area contributed by atoms with Gasteiger partial charge in [-0.2, -0.15) is 0 Å². The highest BCUT2D eigenvalue weighted by molar-refractivity contribution is 5.96. The van der Waals surface area contributed by atoms with E-state index in [1.54, 1.807) is 18.2 Å². The van der Waals surface area contributed by atoms with Crippen LogP contribution in [-0.2, 0) is 0 Å². The maximum atomic E-state index is 11.5. The average Bonchev–Trinajstić information content (AvgIpc) is 2.29. The van der Waals surface area contributed by atoms with Crippen molar-refractivity contribution in [1.29, 1.82) is 0 Å². The summed E-state index contributed by atoms with van der Waals surface area (Å²) in [6.07, 6.45) is 0. The van der Waals surface area contributed by atoms with E-state index in [4.69, 9.17) is 5.11 Å². The third-order valence-corrected chi connectivity index (χ3v) is 2.02. The van der Waals surface area contributed by atoms with Crippen LogP contribution in [0.3, 0.4) is 0 Å². The lowest BCUT2D eigenvalue weighted by Gasteiger charge is -2.06. The Morgan fingerprint density at radius 1 is 1.19 bits per heavy atom. The van der Waals surface area contributed by atoms with Gasteiger partial charge in [-0.25, -0.2) is 0 Å². The van der Waals surface area contributed by atoms with Gasteiger partial charge in [0.15, 0.2) is 0 Å². The summed E-state index contributed by atoms with van der Waals surface area (Å²) in [4.78, 5) is 11.5. The van der Waals surface area contributed by atoms with Crippen LogP contribution in [-0.4, -0.2) is 42.4 Å². The van der Waals surface area contributed by atoms with Crippen LogP contribution in [0.25, 0.3) is 0 Å². The monoisotopic (exact) mass is 224 g/mol. The molecule has 0 atom stereocenters. The third kappa shape index (κ3) is 3.88. The lowest BCUT2D eigenvalue weighted by molar-refractivity contribution is 0.0951. The Labute approximate surface area is 94.1 Å². The highest BCUT2D eigenvalue weighted by Gasteiger charge is 2.08. The number of amides is 1. The van der Waals surface area contributed by atoms with Crippen molar-refractivity contribution in [3.8, 4) is 5.75 Å². The molecule has 0 aliphatic carbocycles. The largest absolute Gasteiger partial charge is 0.507 e. The van der Waals surface area contributed by atoms with Crippen LogP contribution in [0.4, 0.5) is 0 Å². The van der Waals surface area contributed by atoms with Crippen LogP contribution in [0.2, 0.25) is 0 Å². The zero-order valence-corrected chi connectivity index (χ0v) is 8.94. The number of phenols is 1. The maximum Gasteiger partial charge on any atom is 0.255 e. The molecule has 0 aromatic heterocycles. The number of aliphatic hydroxyl groups excluding tert-OH is 1. The second-order valence-electron chi connectivity index (χ2n) is 3.25. The Bertz CT molecular complexity index is 342. The van der Waals surface area contributed by atoms with Crippen molar-refractivity contribution in [2.45, 2.75) is 0 Å². The van der Waals surface area contributed by atoms with Crippen molar-refractivity contribution in [3.05, 3.63) is 29.8 Å². The van der Waals surface area contributed by atoms with Crippen molar-refractivity contribution in [3.63, 3.8) is 0 Å². The van der Waals surface area contributed by atoms with E-state index in [1.165, 1.54) is 6.07 Å². The molecule has 5 heteroatoms.